The number of aromatic nitrogens is 1. The van der Waals surface area contributed by atoms with Gasteiger partial charge >= 0.3 is 0 Å². The molecule has 4 nitrogen and oxygen atoms in total. The van der Waals surface area contributed by atoms with Crippen molar-refractivity contribution in [3.8, 4) is 17.0 Å². The molecule has 2 aromatic carbocycles. The lowest BCUT2D eigenvalue weighted by Gasteiger charge is -2.37. The molecule has 1 aromatic heterocycles. The van der Waals surface area contributed by atoms with Gasteiger partial charge in [-0.3, -0.25) is 0 Å². The van der Waals surface area contributed by atoms with E-state index in [1.54, 1.807) is 18.2 Å². The Bertz CT molecular complexity index is 1130. The van der Waals surface area contributed by atoms with Crippen LogP contribution in [-0.4, -0.2) is 10.3 Å². The quantitative estimate of drug-likeness (QED) is 0.401. The lowest BCUT2D eigenvalue weighted by molar-refractivity contribution is -0.0387. The Kier molecular flexibility index (Phi) is 5.41. The van der Waals surface area contributed by atoms with E-state index in [-0.39, 0.29) is 22.6 Å². The largest absolute Gasteiger partial charge is 0.489 e. The summed E-state index contributed by atoms with van der Waals surface area (Å²) >= 11 is 19.0. The van der Waals surface area contributed by atoms with E-state index in [0.717, 1.165) is 36.1 Å². The van der Waals surface area contributed by atoms with Gasteiger partial charge in [0, 0.05) is 17.0 Å². The molecule has 0 bridgehead atoms. The van der Waals surface area contributed by atoms with E-state index in [2.05, 4.69) is 5.16 Å². The Morgan fingerprint density at radius 3 is 2.39 bits per heavy atom. The summed E-state index contributed by atoms with van der Waals surface area (Å²) in [7, 11) is 0. The molecule has 0 amide bonds. The van der Waals surface area contributed by atoms with Crippen LogP contribution in [0.1, 0.15) is 54.9 Å². The van der Waals surface area contributed by atoms with E-state index in [1.165, 1.54) is 12.1 Å². The zero-order valence-electron chi connectivity index (χ0n) is 16.4. The molecule has 2 aliphatic rings. The van der Waals surface area contributed by atoms with E-state index in [1.807, 2.05) is 0 Å². The van der Waals surface area contributed by atoms with Crippen molar-refractivity contribution in [2.45, 2.75) is 50.2 Å². The topological polar surface area (TPSA) is 55.5 Å². The van der Waals surface area contributed by atoms with Gasteiger partial charge in [-0.1, -0.05) is 46.0 Å². The Balaban J connectivity index is 1.45. The molecule has 1 N–H and O–H groups in total. The molecule has 0 spiro atoms. The summed E-state index contributed by atoms with van der Waals surface area (Å²) in [6, 6.07) is 7.69. The third kappa shape index (κ3) is 3.93. The van der Waals surface area contributed by atoms with Crippen LogP contribution in [0.3, 0.4) is 0 Å². The zero-order valence-corrected chi connectivity index (χ0v) is 18.7. The van der Waals surface area contributed by atoms with E-state index in [0.29, 0.717) is 34.9 Å². The van der Waals surface area contributed by atoms with Gasteiger partial charge in [0.1, 0.15) is 29.6 Å². The first kappa shape index (κ1) is 21.1. The van der Waals surface area contributed by atoms with Crippen LogP contribution in [0.15, 0.2) is 34.9 Å². The van der Waals surface area contributed by atoms with E-state index in [9.17, 15) is 9.50 Å². The van der Waals surface area contributed by atoms with Crippen LogP contribution in [0.25, 0.3) is 11.3 Å². The molecule has 0 saturated heterocycles. The monoisotopic (exact) mass is 481 g/mol. The molecule has 31 heavy (non-hydrogen) atoms. The predicted molar refractivity (Wildman–Crippen MR) is 117 cm³/mol. The van der Waals surface area contributed by atoms with Crippen molar-refractivity contribution in [2.24, 2.45) is 0 Å². The normalized spacial score (nSPS) is 17.5. The summed E-state index contributed by atoms with van der Waals surface area (Å²) in [5.74, 6) is 1.04. The molecule has 2 fully saturated rings. The fraction of sp³-hybridized carbons (Fsp3) is 0.348. The number of hydrogen-bond donors (Lipinski definition) is 1. The predicted octanol–water partition coefficient (Wildman–Crippen LogP) is 7.27. The summed E-state index contributed by atoms with van der Waals surface area (Å²) in [6.07, 6.45) is 4.42. The van der Waals surface area contributed by atoms with E-state index >= 15 is 0 Å². The van der Waals surface area contributed by atoms with Crippen LogP contribution >= 0.6 is 34.8 Å². The summed E-state index contributed by atoms with van der Waals surface area (Å²) in [5.41, 5.74) is 1.48. The van der Waals surface area contributed by atoms with Crippen LogP contribution in [0, 0.1) is 5.82 Å². The lowest BCUT2D eigenvalue weighted by Crippen LogP contribution is -2.33. The lowest BCUT2D eigenvalue weighted by atomic mass is 9.75. The fourth-order valence-electron chi connectivity index (χ4n) is 3.99. The third-order valence-corrected chi connectivity index (χ3v) is 6.93. The molecular formula is C23H19Cl3FNO3. The highest BCUT2D eigenvalue weighted by Crippen LogP contribution is 2.47. The number of nitrogens with zero attached hydrogens (tertiary/aromatic N) is 1. The van der Waals surface area contributed by atoms with Crippen molar-refractivity contribution in [3.05, 3.63) is 68.1 Å². The maximum absolute atomic E-state index is 13.7. The van der Waals surface area contributed by atoms with Crippen LogP contribution in [0.2, 0.25) is 15.1 Å². The highest BCUT2D eigenvalue weighted by molar-refractivity contribution is 6.39. The van der Waals surface area contributed by atoms with Gasteiger partial charge in [-0.2, -0.15) is 0 Å². The number of rotatable bonds is 6. The number of ether oxygens (including phenoxy) is 1. The van der Waals surface area contributed by atoms with Crippen LogP contribution in [0.4, 0.5) is 4.39 Å². The van der Waals surface area contributed by atoms with Gasteiger partial charge in [-0.05, 0) is 56.4 Å². The molecule has 1 heterocycles. The minimum atomic E-state index is -0.841. The highest BCUT2D eigenvalue weighted by Gasteiger charge is 2.38. The van der Waals surface area contributed by atoms with Gasteiger partial charge in [0.25, 0.3) is 0 Å². The molecule has 0 atom stereocenters. The number of hydrogen-bond acceptors (Lipinski definition) is 4. The first-order valence-corrected chi connectivity index (χ1v) is 11.3. The Morgan fingerprint density at radius 1 is 1.10 bits per heavy atom. The first-order valence-electron chi connectivity index (χ1n) is 10.1. The van der Waals surface area contributed by atoms with Crippen molar-refractivity contribution >= 4 is 34.8 Å². The van der Waals surface area contributed by atoms with Crippen molar-refractivity contribution in [2.75, 3.05) is 0 Å². The maximum Gasteiger partial charge on any atom is 0.147 e. The van der Waals surface area contributed by atoms with Gasteiger partial charge in [0.05, 0.1) is 26.2 Å². The molecule has 0 radical (unpaired) electrons. The maximum atomic E-state index is 13.7. The summed E-state index contributed by atoms with van der Waals surface area (Å²) in [4.78, 5) is 0. The summed E-state index contributed by atoms with van der Waals surface area (Å²) < 4.78 is 25.3. The molecule has 162 valence electrons. The fourth-order valence-corrected chi connectivity index (χ4v) is 4.98. The van der Waals surface area contributed by atoms with Gasteiger partial charge in [0.2, 0.25) is 0 Å². The van der Waals surface area contributed by atoms with Crippen LogP contribution < -0.4 is 4.74 Å². The first-order chi connectivity index (χ1) is 14.9. The smallest absolute Gasteiger partial charge is 0.147 e. The van der Waals surface area contributed by atoms with Gasteiger partial charge in [-0.25, -0.2) is 4.39 Å². The molecule has 8 heteroatoms. The molecule has 0 unspecified atom stereocenters. The van der Waals surface area contributed by atoms with Crippen LogP contribution in [0.5, 0.6) is 5.75 Å². The van der Waals surface area contributed by atoms with Crippen molar-refractivity contribution in [3.63, 3.8) is 0 Å². The second-order valence-electron chi connectivity index (χ2n) is 8.21. The van der Waals surface area contributed by atoms with Crippen molar-refractivity contribution in [1.29, 1.82) is 0 Å². The van der Waals surface area contributed by atoms with Crippen molar-refractivity contribution < 1.29 is 18.8 Å². The second kappa shape index (κ2) is 7.96. The summed E-state index contributed by atoms with van der Waals surface area (Å²) in [5, 5.41) is 15.5. The molecular weight excluding hydrogens is 464 g/mol. The Hall–Kier alpha value is -1.79. The molecule has 2 aliphatic carbocycles. The molecule has 0 aliphatic heterocycles. The van der Waals surface area contributed by atoms with Gasteiger partial charge in [-0.15, -0.1) is 0 Å². The third-order valence-electron chi connectivity index (χ3n) is 6.02. The summed E-state index contributed by atoms with van der Waals surface area (Å²) in [6.45, 7) is 0.161. The second-order valence-corrected chi connectivity index (χ2v) is 9.43. The number of halogens is 4. The molecule has 2 saturated carbocycles. The van der Waals surface area contributed by atoms with Gasteiger partial charge in [0.15, 0.2) is 0 Å². The van der Waals surface area contributed by atoms with Gasteiger partial charge < -0.3 is 14.4 Å². The zero-order chi connectivity index (χ0) is 21.8. The Morgan fingerprint density at radius 2 is 1.81 bits per heavy atom. The minimum absolute atomic E-state index is 0.156. The van der Waals surface area contributed by atoms with E-state index in [4.69, 9.17) is 44.1 Å². The highest BCUT2D eigenvalue weighted by atomic mass is 35.5. The average molecular weight is 483 g/mol. The minimum Gasteiger partial charge on any atom is -0.489 e. The Labute approximate surface area is 193 Å². The van der Waals surface area contributed by atoms with Crippen LogP contribution in [-0.2, 0) is 12.2 Å². The molecule has 5 rings (SSSR count). The average Bonchev–Trinajstić information content (AvgIpc) is 3.45. The SMILES string of the molecule is OC1(c2ccc(OCc3c(-c4c(Cl)cc(F)cc4Cl)noc3C3CC3)cc2Cl)CCC1. The standard InChI is InChI=1S/C23H19Cl3FNO3/c24-17-10-14(4-5-16(17)23(29)6-1-7-23)30-11-15-21(28-31-22(15)12-2-3-12)20-18(25)8-13(27)9-19(20)26/h4-5,8-10,12,29H,1-3,6-7,11H2. The molecule has 3 aromatic rings. The number of aliphatic hydroxyl groups is 1. The number of benzene rings is 2. The van der Waals surface area contributed by atoms with E-state index < -0.39 is 11.4 Å². The van der Waals surface area contributed by atoms with Crippen molar-refractivity contribution in [1.82, 2.24) is 5.16 Å².